The van der Waals surface area contributed by atoms with E-state index in [1.165, 1.54) is 18.4 Å². The minimum absolute atomic E-state index is 0. The summed E-state index contributed by atoms with van der Waals surface area (Å²) in [6.07, 6.45) is 5.12. The van der Waals surface area contributed by atoms with Gasteiger partial charge in [0.1, 0.15) is 11.6 Å². The highest BCUT2D eigenvalue weighted by molar-refractivity contribution is 14.0. The number of nitrogens with one attached hydrogen (secondary N) is 2. The van der Waals surface area contributed by atoms with Gasteiger partial charge in [0, 0.05) is 19.2 Å². The predicted octanol–water partition coefficient (Wildman–Crippen LogP) is 4.81. The van der Waals surface area contributed by atoms with Gasteiger partial charge < -0.3 is 19.9 Å². The van der Waals surface area contributed by atoms with Crippen LogP contribution >= 0.6 is 24.0 Å². The molecule has 34 heavy (non-hydrogen) atoms. The van der Waals surface area contributed by atoms with E-state index in [2.05, 4.69) is 58.1 Å². The van der Waals surface area contributed by atoms with E-state index in [0.717, 1.165) is 47.3 Å². The second-order valence-electron chi connectivity index (χ2n) is 8.72. The van der Waals surface area contributed by atoms with Crippen molar-refractivity contribution in [3.63, 3.8) is 0 Å². The Hall–Kier alpha value is -2.62. The monoisotopic (exact) mass is 574 g/mol. The van der Waals surface area contributed by atoms with Gasteiger partial charge in [-0.15, -0.1) is 34.2 Å². The van der Waals surface area contributed by atoms with E-state index in [9.17, 15) is 0 Å². The van der Waals surface area contributed by atoms with Crippen LogP contribution in [0.25, 0.3) is 0 Å². The van der Waals surface area contributed by atoms with Crippen LogP contribution in [0.15, 0.2) is 53.5 Å². The second-order valence-corrected chi connectivity index (χ2v) is 8.72. The number of aromatic nitrogens is 3. The molecular formula is C26H35IN6O. The molecule has 1 aliphatic carbocycles. The number of hydrogen-bond donors (Lipinski definition) is 2. The first kappa shape index (κ1) is 26.0. The fourth-order valence-electron chi connectivity index (χ4n) is 3.98. The van der Waals surface area contributed by atoms with E-state index in [4.69, 9.17) is 9.73 Å². The molecule has 182 valence electrons. The Morgan fingerprint density at radius 1 is 1.03 bits per heavy atom. The molecule has 0 amide bonds. The van der Waals surface area contributed by atoms with Gasteiger partial charge in [-0.05, 0) is 56.7 Å². The van der Waals surface area contributed by atoms with Crippen molar-refractivity contribution in [2.45, 2.75) is 65.3 Å². The molecule has 4 rings (SSSR count). The molecule has 2 aromatic carbocycles. The molecule has 7 nitrogen and oxygen atoms in total. The summed E-state index contributed by atoms with van der Waals surface area (Å²) in [4.78, 5) is 4.81. The van der Waals surface area contributed by atoms with E-state index in [1.54, 1.807) is 0 Å². The molecular weight excluding hydrogens is 539 g/mol. The lowest BCUT2D eigenvalue weighted by Gasteiger charge is -2.19. The normalized spacial score (nSPS) is 14.0. The number of rotatable bonds is 8. The summed E-state index contributed by atoms with van der Waals surface area (Å²) in [7, 11) is 1.97. The van der Waals surface area contributed by atoms with Gasteiger partial charge in [-0.2, -0.15) is 0 Å². The van der Waals surface area contributed by atoms with Crippen molar-refractivity contribution in [1.82, 2.24) is 25.4 Å². The van der Waals surface area contributed by atoms with Crippen molar-refractivity contribution in [1.29, 1.82) is 0 Å². The van der Waals surface area contributed by atoms with Gasteiger partial charge in [0.25, 0.3) is 0 Å². The maximum atomic E-state index is 6.37. The number of aryl methyl sites for hydroxylation is 2. The average Bonchev–Trinajstić information content (AvgIpc) is 3.45. The van der Waals surface area contributed by atoms with Crippen LogP contribution in [0.2, 0.25) is 0 Å². The van der Waals surface area contributed by atoms with Gasteiger partial charge in [0.2, 0.25) is 0 Å². The van der Waals surface area contributed by atoms with E-state index in [1.807, 2.05) is 36.7 Å². The first-order chi connectivity index (χ1) is 16.1. The van der Waals surface area contributed by atoms with Gasteiger partial charge in [-0.3, -0.25) is 0 Å². The van der Waals surface area contributed by atoms with E-state index < -0.39 is 0 Å². The van der Waals surface area contributed by atoms with E-state index in [-0.39, 0.29) is 24.0 Å². The number of nitrogens with zero attached hydrogens (tertiary/aromatic N) is 4. The number of benzene rings is 2. The third-order valence-corrected chi connectivity index (χ3v) is 6.12. The second kappa shape index (κ2) is 12.7. The SMILES string of the molecule is Cc1ccc(CNC(=NCc2ccccc2)NCc2nnc(C)n2C)c(OC2CCCC2)c1.I. The number of halogens is 1. The number of hydrogen-bond acceptors (Lipinski definition) is 4. The molecule has 1 fully saturated rings. The van der Waals surface area contributed by atoms with E-state index >= 15 is 0 Å². The zero-order valence-corrected chi connectivity index (χ0v) is 22.6. The highest BCUT2D eigenvalue weighted by atomic mass is 127. The minimum Gasteiger partial charge on any atom is -0.490 e. The fourth-order valence-corrected chi connectivity index (χ4v) is 3.98. The summed E-state index contributed by atoms with van der Waals surface area (Å²) >= 11 is 0. The maximum Gasteiger partial charge on any atom is 0.192 e. The van der Waals surface area contributed by atoms with Gasteiger partial charge in [0.15, 0.2) is 11.8 Å². The first-order valence-electron chi connectivity index (χ1n) is 11.8. The smallest absolute Gasteiger partial charge is 0.192 e. The van der Waals surface area contributed by atoms with Crippen LogP contribution in [0.4, 0.5) is 0 Å². The third-order valence-electron chi connectivity index (χ3n) is 6.12. The number of ether oxygens (including phenoxy) is 1. The van der Waals surface area contributed by atoms with Crippen LogP contribution < -0.4 is 15.4 Å². The van der Waals surface area contributed by atoms with Crippen LogP contribution in [-0.2, 0) is 26.7 Å². The lowest BCUT2D eigenvalue weighted by molar-refractivity contribution is 0.207. The van der Waals surface area contributed by atoms with Crippen LogP contribution in [0.3, 0.4) is 0 Å². The van der Waals surface area contributed by atoms with Crippen molar-refractivity contribution < 1.29 is 4.74 Å². The summed E-state index contributed by atoms with van der Waals surface area (Å²) in [6, 6.07) is 16.7. The molecule has 0 radical (unpaired) electrons. The number of aliphatic imine (C=N–C) groups is 1. The summed E-state index contributed by atoms with van der Waals surface area (Å²) in [5, 5.41) is 15.3. The predicted molar refractivity (Wildman–Crippen MR) is 146 cm³/mol. The zero-order chi connectivity index (χ0) is 23.0. The summed E-state index contributed by atoms with van der Waals surface area (Å²) in [6.45, 7) is 5.81. The van der Waals surface area contributed by atoms with Gasteiger partial charge >= 0.3 is 0 Å². The molecule has 0 atom stereocenters. The molecule has 0 bridgehead atoms. The Morgan fingerprint density at radius 3 is 2.47 bits per heavy atom. The topological polar surface area (TPSA) is 76.4 Å². The third kappa shape index (κ3) is 7.19. The first-order valence-corrected chi connectivity index (χ1v) is 11.8. The lowest BCUT2D eigenvalue weighted by Crippen LogP contribution is -2.37. The Bertz CT molecular complexity index is 1080. The van der Waals surface area contributed by atoms with Crippen LogP contribution in [0.1, 0.15) is 54.0 Å². The van der Waals surface area contributed by atoms with Gasteiger partial charge in [-0.25, -0.2) is 4.99 Å². The highest BCUT2D eigenvalue weighted by Gasteiger charge is 2.18. The lowest BCUT2D eigenvalue weighted by atomic mass is 10.1. The summed E-state index contributed by atoms with van der Waals surface area (Å²) in [5.74, 6) is 3.45. The minimum atomic E-state index is 0. The van der Waals surface area contributed by atoms with Crippen LogP contribution in [0.5, 0.6) is 5.75 Å². The molecule has 0 saturated heterocycles. The largest absolute Gasteiger partial charge is 0.490 e. The molecule has 0 unspecified atom stereocenters. The molecule has 2 N–H and O–H groups in total. The van der Waals surface area contributed by atoms with Crippen molar-refractivity contribution in [2.75, 3.05) is 0 Å². The highest BCUT2D eigenvalue weighted by Crippen LogP contribution is 2.27. The standard InChI is InChI=1S/C26H34N6O.HI/c1-19-13-14-22(24(15-19)33-23-11-7-8-12-23)17-28-26(27-16-21-9-5-4-6-10-21)29-18-25-31-30-20(2)32(25)3;/h4-6,9-10,13-15,23H,7-8,11-12,16-18H2,1-3H3,(H2,27,28,29);1H. The molecule has 3 aromatic rings. The number of guanidine groups is 1. The molecule has 1 aliphatic rings. The zero-order valence-electron chi connectivity index (χ0n) is 20.3. The maximum absolute atomic E-state index is 6.37. The Kier molecular flexibility index (Phi) is 9.74. The molecule has 0 aliphatic heterocycles. The summed E-state index contributed by atoms with van der Waals surface area (Å²) in [5.41, 5.74) is 3.51. The molecule has 0 spiro atoms. The average molecular weight is 575 g/mol. The van der Waals surface area contributed by atoms with Crippen molar-refractivity contribution in [2.24, 2.45) is 12.0 Å². The van der Waals surface area contributed by atoms with Gasteiger partial charge in [0.05, 0.1) is 19.2 Å². The van der Waals surface area contributed by atoms with E-state index in [0.29, 0.717) is 25.7 Å². The summed E-state index contributed by atoms with van der Waals surface area (Å²) < 4.78 is 8.36. The van der Waals surface area contributed by atoms with Crippen molar-refractivity contribution in [3.05, 3.63) is 76.9 Å². The van der Waals surface area contributed by atoms with Crippen molar-refractivity contribution in [3.8, 4) is 5.75 Å². The van der Waals surface area contributed by atoms with Crippen molar-refractivity contribution >= 4 is 29.9 Å². The molecule has 8 heteroatoms. The van der Waals surface area contributed by atoms with Crippen LogP contribution in [0, 0.1) is 13.8 Å². The quantitative estimate of drug-likeness (QED) is 0.230. The van der Waals surface area contributed by atoms with Gasteiger partial charge in [-0.1, -0.05) is 42.5 Å². The Morgan fingerprint density at radius 2 is 1.76 bits per heavy atom. The Balaban J connectivity index is 0.00000324. The fraction of sp³-hybridized carbons (Fsp3) is 0.423. The molecule has 1 heterocycles. The van der Waals surface area contributed by atoms with Crippen LogP contribution in [-0.4, -0.2) is 26.8 Å². The Labute approximate surface area is 219 Å². The molecule has 1 saturated carbocycles. The molecule has 1 aromatic heterocycles.